The topological polar surface area (TPSA) is 67.5 Å². The van der Waals surface area contributed by atoms with E-state index < -0.39 is 5.79 Å². The van der Waals surface area contributed by atoms with E-state index in [1.165, 1.54) is 0 Å². The molecule has 6 heteroatoms. The first kappa shape index (κ1) is 12.8. The lowest BCUT2D eigenvalue weighted by Gasteiger charge is -2.37. The highest BCUT2D eigenvalue weighted by molar-refractivity contribution is 5.97. The Hall–Kier alpha value is -1.92. The summed E-state index contributed by atoms with van der Waals surface area (Å²) in [6.07, 6.45) is 3.12. The smallest absolute Gasteiger partial charge is 0.253 e. The number of ether oxygens (including phenoxy) is 2. The molecule has 2 aliphatic rings. The first-order chi connectivity index (χ1) is 10.3. The summed E-state index contributed by atoms with van der Waals surface area (Å²) in [6.45, 7) is 2.65. The van der Waals surface area contributed by atoms with Gasteiger partial charge < -0.3 is 19.4 Å². The number of piperidine rings is 1. The van der Waals surface area contributed by atoms with Gasteiger partial charge in [0.15, 0.2) is 5.79 Å². The monoisotopic (exact) mass is 287 g/mol. The van der Waals surface area contributed by atoms with Crippen molar-refractivity contribution in [3.8, 4) is 0 Å². The lowest BCUT2D eigenvalue weighted by Crippen LogP contribution is -2.47. The summed E-state index contributed by atoms with van der Waals surface area (Å²) in [5, 5.41) is 0. The minimum absolute atomic E-state index is 0.0550. The maximum atomic E-state index is 12.6. The van der Waals surface area contributed by atoms with Crippen LogP contribution in [-0.2, 0) is 9.47 Å². The second-order valence-corrected chi connectivity index (χ2v) is 5.53. The Kier molecular flexibility index (Phi) is 2.94. The molecule has 0 saturated carbocycles. The van der Waals surface area contributed by atoms with Gasteiger partial charge >= 0.3 is 0 Å². The summed E-state index contributed by atoms with van der Waals surface area (Å²) < 4.78 is 11.4. The fraction of sp³-hybridized carbons (Fsp3) is 0.467. The largest absolute Gasteiger partial charge is 0.347 e. The predicted octanol–water partition coefficient (Wildman–Crippen LogP) is 1.54. The molecule has 0 atom stereocenters. The van der Waals surface area contributed by atoms with Crippen molar-refractivity contribution in [1.82, 2.24) is 14.9 Å². The molecule has 2 aromatic rings. The number of carbonyl (C=O) groups is 1. The third kappa shape index (κ3) is 2.20. The van der Waals surface area contributed by atoms with Gasteiger partial charge in [0.25, 0.3) is 5.91 Å². The Labute approximate surface area is 122 Å². The average molecular weight is 287 g/mol. The van der Waals surface area contributed by atoms with Crippen molar-refractivity contribution in [2.24, 2.45) is 0 Å². The molecular formula is C15H17N3O3. The maximum absolute atomic E-state index is 12.6. The minimum Gasteiger partial charge on any atom is -0.347 e. The van der Waals surface area contributed by atoms with Crippen molar-refractivity contribution < 1.29 is 14.3 Å². The number of carbonyl (C=O) groups excluding carboxylic acids is 1. The molecular weight excluding hydrogens is 270 g/mol. The van der Waals surface area contributed by atoms with E-state index in [1.54, 1.807) is 6.33 Å². The van der Waals surface area contributed by atoms with Crippen LogP contribution >= 0.6 is 0 Å². The highest BCUT2D eigenvalue weighted by atomic mass is 16.7. The molecule has 0 unspecified atom stereocenters. The number of likely N-dealkylation sites (tertiary alicyclic amines) is 1. The van der Waals surface area contributed by atoms with Crippen molar-refractivity contribution in [3.05, 3.63) is 30.1 Å². The lowest BCUT2D eigenvalue weighted by molar-refractivity contribution is -0.181. The Bertz CT molecular complexity index is 666. The number of hydrogen-bond donors (Lipinski definition) is 1. The van der Waals surface area contributed by atoms with Crippen LogP contribution in [0, 0.1) is 0 Å². The van der Waals surface area contributed by atoms with E-state index in [0.29, 0.717) is 31.9 Å². The van der Waals surface area contributed by atoms with Gasteiger partial charge in [0.2, 0.25) is 0 Å². The van der Waals surface area contributed by atoms with E-state index in [4.69, 9.17) is 9.47 Å². The van der Waals surface area contributed by atoms with Crippen LogP contribution in [0.15, 0.2) is 24.5 Å². The maximum Gasteiger partial charge on any atom is 0.253 e. The molecule has 4 rings (SSSR count). The number of rotatable bonds is 1. The number of imidazole rings is 1. The van der Waals surface area contributed by atoms with Gasteiger partial charge in [-0.2, -0.15) is 0 Å². The van der Waals surface area contributed by atoms with E-state index in [2.05, 4.69) is 9.97 Å². The molecule has 1 amide bonds. The summed E-state index contributed by atoms with van der Waals surface area (Å²) in [6, 6.07) is 5.56. The van der Waals surface area contributed by atoms with Crippen LogP contribution in [-0.4, -0.2) is 52.9 Å². The number of nitrogens with zero attached hydrogens (tertiary/aromatic N) is 2. The van der Waals surface area contributed by atoms with E-state index in [1.807, 2.05) is 23.1 Å². The quantitative estimate of drug-likeness (QED) is 0.864. The molecule has 2 saturated heterocycles. The molecule has 0 aliphatic carbocycles. The van der Waals surface area contributed by atoms with Crippen molar-refractivity contribution in [2.45, 2.75) is 18.6 Å². The summed E-state index contributed by atoms with van der Waals surface area (Å²) in [7, 11) is 0. The highest BCUT2D eigenvalue weighted by Gasteiger charge is 2.40. The molecule has 6 nitrogen and oxygen atoms in total. The fourth-order valence-corrected chi connectivity index (χ4v) is 3.09. The zero-order valence-electron chi connectivity index (χ0n) is 11.7. The lowest BCUT2D eigenvalue weighted by atomic mass is 10.0. The van der Waals surface area contributed by atoms with Crippen molar-refractivity contribution >= 4 is 16.9 Å². The molecule has 1 N–H and O–H groups in total. The molecule has 0 bridgehead atoms. The summed E-state index contributed by atoms with van der Waals surface area (Å²) in [5.41, 5.74) is 2.45. The van der Waals surface area contributed by atoms with Gasteiger partial charge in [-0.1, -0.05) is 0 Å². The van der Waals surface area contributed by atoms with Crippen LogP contribution in [0.5, 0.6) is 0 Å². The molecule has 1 spiro atoms. The van der Waals surface area contributed by atoms with Crippen LogP contribution < -0.4 is 0 Å². The van der Waals surface area contributed by atoms with Crippen LogP contribution in [0.25, 0.3) is 11.0 Å². The van der Waals surface area contributed by atoms with Crippen LogP contribution in [0.3, 0.4) is 0 Å². The number of H-pyrrole nitrogens is 1. The van der Waals surface area contributed by atoms with Crippen LogP contribution in [0.1, 0.15) is 23.2 Å². The Morgan fingerprint density at radius 2 is 2.00 bits per heavy atom. The average Bonchev–Trinajstić information content (AvgIpc) is 3.16. The number of aromatic amines is 1. The molecule has 110 valence electrons. The highest BCUT2D eigenvalue weighted by Crippen LogP contribution is 2.31. The molecule has 1 aromatic heterocycles. The van der Waals surface area contributed by atoms with Gasteiger partial charge in [0, 0.05) is 31.5 Å². The van der Waals surface area contributed by atoms with Crippen molar-refractivity contribution in [1.29, 1.82) is 0 Å². The number of aromatic nitrogens is 2. The van der Waals surface area contributed by atoms with E-state index >= 15 is 0 Å². The summed E-state index contributed by atoms with van der Waals surface area (Å²) >= 11 is 0. The number of nitrogens with one attached hydrogen (secondary N) is 1. The van der Waals surface area contributed by atoms with Crippen molar-refractivity contribution in [3.63, 3.8) is 0 Å². The van der Waals surface area contributed by atoms with Gasteiger partial charge in [0.05, 0.1) is 30.6 Å². The normalized spacial score (nSPS) is 21.2. The molecule has 3 heterocycles. The van der Waals surface area contributed by atoms with Crippen molar-refractivity contribution in [2.75, 3.05) is 26.3 Å². The molecule has 1 aromatic carbocycles. The number of amides is 1. The van der Waals surface area contributed by atoms with Gasteiger partial charge in [-0.15, -0.1) is 0 Å². The fourth-order valence-electron chi connectivity index (χ4n) is 3.09. The predicted molar refractivity (Wildman–Crippen MR) is 75.9 cm³/mol. The zero-order valence-corrected chi connectivity index (χ0v) is 11.7. The van der Waals surface area contributed by atoms with E-state index in [9.17, 15) is 4.79 Å². The summed E-state index contributed by atoms with van der Waals surface area (Å²) in [5.74, 6) is -0.385. The first-order valence-corrected chi connectivity index (χ1v) is 7.26. The third-order valence-corrected chi connectivity index (χ3v) is 4.29. The molecule has 0 radical (unpaired) electrons. The second kappa shape index (κ2) is 4.82. The number of hydrogen-bond acceptors (Lipinski definition) is 4. The Morgan fingerprint density at radius 1 is 1.24 bits per heavy atom. The zero-order chi connectivity index (χ0) is 14.3. The summed E-state index contributed by atoms with van der Waals surface area (Å²) in [4.78, 5) is 21.6. The van der Waals surface area contributed by atoms with Gasteiger partial charge in [-0.05, 0) is 18.2 Å². The first-order valence-electron chi connectivity index (χ1n) is 7.26. The van der Waals surface area contributed by atoms with E-state index in [-0.39, 0.29) is 5.91 Å². The van der Waals surface area contributed by atoms with E-state index in [0.717, 1.165) is 23.9 Å². The Morgan fingerprint density at radius 3 is 2.76 bits per heavy atom. The van der Waals surface area contributed by atoms with Gasteiger partial charge in [0.1, 0.15) is 0 Å². The molecule has 2 aliphatic heterocycles. The molecule has 21 heavy (non-hydrogen) atoms. The standard InChI is InChI=1S/C15H17N3O3/c19-14(11-1-2-12-13(9-11)17-10-16-12)18-5-3-15(4-6-18)20-7-8-21-15/h1-2,9-10H,3-8H2,(H,16,17). The second-order valence-electron chi connectivity index (χ2n) is 5.53. The van der Waals surface area contributed by atoms with Crippen LogP contribution in [0.4, 0.5) is 0 Å². The third-order valence-electron chi connectivity index (χ3n) is 4.29. The number of fused-ring (bicyclic) bond motifs is 1. The minimum atomic E-state index is -0.440. The van der Waals surface area contributed by atoms with Gasteiger partial charge in [-0.25, -0.2) is 4.98 Å². The Balaban J connectivity index is 1.50. The van der Waals surface area contributed by atoms with Gasteiger partial charge in [-0.3, -0.25) is 4.79 Å². The molecule has 2 fully saturated rings. The SMILES string of the molecule is O=C(c1ccc2nc[nH]c2c1)N1CCC2(CC1)OCCO2. The van der Waals surface area contributed by atoms with Crippen LogP contribution in [0.2, 0.25) is 0 Å². The number of benzene rings is 1.